The molecule has 5 aromatic rings. The van der Waals surface area contributed by atoms with E-state index in [-0.39, 0.29) is 17.9 Å². The van der Waals surface area contributed by atoms with Crippen LogP contribution in [0.15, 0.2) is 187 Å². The van der Waals surface area contributed by atoms with Crippen molar-refractivity contribution in [2.24, 2.45) is 0 Å². The number of allylic oxidation sites excluding steroid dienone is 8. The lowest BCUT2D eigenvalue weighted by atomic mass is 9.80. The first kappa shape index (κ1) is 37.8. The fraction of sp³-hybridized carbons (Fsp3) is 0.208. The van der Waals surface area contributed by atoms with E-state index in [1.54, 1.807) is 0 Å². The standard InChI is InChI=1S/C53H54N4/c1-7-56-48-28-17-15-24-46(48)50(52(56)40-20-11-9-12-21-40)44(38-30-34-42(35-31-38)54(3)4)26-19-27-45(39-32-36-43(37-33-39)55(5)6)51-47-25-16-18-29-49(47)57(8-2)53(51)41-22-13-10-14-23-41/h9-37,42,50-51H,7-8H2,1-6H3/q+2. The van der Waals surface area contributed by atoms with E-state index >= 15 is 0 Å². The van der Waals surface area contributed by atoms with E-state index in [4.69, 9.17) is 0 Å². The van der Waals surface area contributed by atoms with Crippen LogP contribution < -0.4 is 4.90 Å². The van der Waals surface area contributed by atoms with Gasteiger partial charge in [-0.3, -0.25) is 4.90 Å². The van der Waals surface area contributed by atoms with Gasteiger partial charge in [-0.05, 0) is 86.6 Å². The summed E-state index contributed by atoms with van der Waals surface area (Å²) < 4.78 is 5.04. The van der Waals surface area contributed by atoms with Crippen LogP contribution in [0.3, 0.4) is 0 Å². The van der Waals surface area contributed by atoms with Crippen molar-refractivity contribution in [2.75, 3.05) is 46.2 Å². The average molecular weight is 747 g/mol. The predicted octanol–water partition coefficient (Wildman–Crippen LogP) is 10.9. The molecule has 0 N–H and O–H groups in total. The van der Waals surface area contributed by atoms with Crippen molar-refractivity contribution >= 4 is 34.1 Å². The van der Waals surface area contributed by atoms with Gasteiger partial charge in [0, 0.05) is 60.2 Å². The van der Waals surface area contributed by atoms with Gasteiger partial charge >= 0.3 is 0 Å². The van der Waals surface area contributed by atoms with Gasteiger partial charge < -0.3 is 4.90 Å². The zero-order valence-electron chi connectivity index (χ0n) is 34.2. The highest BCUT2D eigenvalue weighted by Crippen LogP contribution is 2.46. The van der Waals surface area contributed by atoms with Crippen LogP contribution in [0.4, 0.5) is 17.1 Å². The second-order valence-corrected chi connectivity index (χ2v) is 15.5. The molecule has 4 heteroatoms. The van der Waals surface area contributed by atoms with Crippen molar-refractivity contribution in [3.8, 4) is 0 Å². The van der Waals surface area contributed by atoms with Crippen LogP contribution >= 0.6 is 0 Å². The lowest BCUT2D eigenvalue weighted by Gasteiger charge is -2.22. The molecule has 0 spiro atoms. The second-order valence-electron chi connectivity index (χ2n) is 15.5. The molecule has 0 amide bonds. The van der Waals surface area contributed by atoms with E-state index in [2.05, 4.69) is 237 Å². The van der Waals surface area contributed by atoms with Crippen LogP contribution in [0.5, 0.6) is 0 Å². The molecular weight excluding hydrogens is 693 g/mol. The van der Waals surface area contributed by atoms with Crippen LogP contribution in [0, 0.1) is 0 Å². The van der Waals surface area contributed by atoms with Crippen LogP contribution in [-0.4, -0.2) is 72.8 Å². The van der Waals surface area contributed by atoms with E-state index in [0.29, 0.717) is 0 Å². The Bertz CT molecular complexity index is 2460. The maximum absolute atomic E-state index is 2.52. The number of hydrogen-bond donors (Lipinski definition) is 0. The molecule has 2 unspecified atom stereocenters. The summed E-state index contributed by atoms with van der Waals surface area (Å²) in [4.78, 5) is 4.42. The number of likely N-dealkylation sites (N-methyl/N-ethyl adjacent to an activating group) is 1. The molecule has 1 aliphatic carbocycles. The van der Waals surface area contributed by atoms with Crippen molar-refractivity contribution < 1.29 is 9.15 Å². The van der Waals surface area contributed by atoms with Gasteiger partial charge in [0.15, 0.2) is 0 Å². The molecule has 57 heavy (non-hydrogen) atoms. The zero-order chi connectivity index (χ0) is 39.5. The molecular formula is C53H54N4+2. The minimum Gasteiger partial charge on any atom is -0.378 e. The Morgan fingerprint density at radius 1 is 0.579 bits per heavy atom. The van der Waals surface area contributed by atoms with Gasteiger partial charge in [-0.25, -0.2) is 0 Å². The quantitative estimate of drug-likeness (QED) is 0.0986. The van der Waals surface area contributed by atoms with Gasteiger partial charge in [-0.1, -0.05) is 127 Å². The third kappa shape index (κ3) is 7.22. The first-order chi connectivity index (χ1) is 27.9. The molecule has 284 valence electrons. The van der Waals surface area contributed by atoms with E-state index in [0.717, 1.165) is 13.1 Å². The molecule has 2 heterocycles. The Kier molecular flexibility index (Phi) is 11.0. The van der Waals surface area contributed by atoms with E-state index in [1.807, 2.05) is 0 Å². The third-order valence-electron chi connectivity index (χ3n) is 11.7. The maximum atomic E-state index is 2.52. The van der Waals surface area contributed by atoms with Gasteiger partial charge in [-0.2, -0.15) is 9.15 Å². The first-order valence-electron chi connectivity index (χ1n) is 20.4. The molecule has 0 saturated heterocycles. The molecule has 2 aliphatic heterocycles. The molecule has 4 nitrogen and oxygen atoms in total. The SMILES string of the molecule is CC[N+]1=C(c2ccccc2)C(C(=CC=CC(=C2C=CC(N(C)C)C=C2)C2C(c3ccccc3)=[N+](CC)c3ccccc32)c2ccc(N(C)C)cc2)c2ccccc21. The molecule has 0 radical (unpaired) electrons. The van der Waals surface area contributed by atoms with Gasteiger partial charge in [0.25, 0.3) is 0 Å². The number of hydrogen-bond acceptors (Lipinski definition) is 2. The summed E-state index contributed by atoms with van der Waals surface area (Å²) in [6.07, 6.45) is 16.5. The number of para-hydroxylation sites is 2. The van der Waals surface area contributed by atoms with Gasteiger partial charge in [-0.15, -0.1) is 0 Å². The fourth-order valence-electron chi connectivity index (χ4n) is 8.98. The summed E-state index contributed by atoms with van der Waals surface area (Å²) in [5.41, 5.74) is 16.6. The van der Waals surface area contributed by atoms with Gasteiger partial charge in [0.05, 0.1) is 0 Å². The van der Waals surface area contributed by atoms with Gasteiger partial charge in [0.2, 0.25) is 22.8 Å². The molecule has 2 atom stereocenters. The monoisotopic (exact) mass is 746 g/mol. The molecule has 0 saturated carbocycles. The van der Waals surface area contributed by atoms with Crippen LogP contribution in [0.1, 0.15) is 53.5 Å². The molecule has 0 bridgehead atoms. The van der Waals surface area contributed by atoms with Crippen molar-refractivity contribution in [1.82, 2.24) is 4.90 Å². The van der Waals surface area contributed by atoms with Gasteiger partial charge in [0.1, 0.15) is 24.9 Å². The number of anilines is 1. The summed E-state index contributed by atoms with van der Waals surface area (Å²) in [6.45, 7) is 6.31. The minimum absolute atomic E-state index is 0.0408. The van der Waals surface area contributed by atoms with Crippen molar-refractivity contribution in [3.05, 3.63) is 215 Å². The highest BCUT2D eigenvalue weighted by atomic mass is 15.1. The molecule has 8 rings (SSSR count). The molecule has 3 aliphatic rings. The second kappa shape index (κ2) is 16.6. The van der Waals surface area contributed by atoms with Crippen molar-refractivity contribution in [1.29, 1.82) is 0 Å². The average Bonchev–Trinajstić information content (AvgIpc) is 3.77. The Morgan fingerprint density at radius 3 is 1.58 bits per heavy atom. The number of nitrogens with zero attached hydrogens (tertiary/aromatic N) is 4. The largest absolute Gasteiger partial charge is 0.378 e. The number of rotatable bonds is 11. The van der Waals surface area contributed by atoms with E-state index in [9.17, 15) is 0 Å². The number of benzene rings is 5. The Morgan fingerprint density at radius 2 is 1.07 bits per heavy atom. The van der Waals surface area contributed by atoms with Crippen LogP contribution in [0.25, 0.3) is 5.57 Å². The Balaban J connectivity index is 1.35. The summed E-state index contributed by atoms with van der Waals surface area (Å²) >= 11 is 0. The normalized spacial score (nSPS) is 18.9. The smallest absolute Gasteiger partial charge is 0.209 e. The number of fused-ring (bicyclic) bond motifs is 2. The van der Waals surface area contributed by atoms with E-state index in [1.165, 1.54) is 73.0 Å². The Hall–Kier alpha value is -6.10. The maximum Gasteiger partial charge on any atom is 0.209 e. The third-order valence-corrected chi connectivity index (χ3v) is 11.7. The summed E-state index contributed by atoms with van der Waals surface area (Å²) in [5, 5.41) is 0. The highest BCUT2D eigenvalue weighted by molar-refractivity contribution is 6.12. The van der Waals surface area contributed by atoms with E-state index < -0.39 is 0 Å². The lowest BCUT2D eigenvalue weighted by Crippen LogP contribution is -2.25. The minimum atomic E-state index is 0.0408. The summed E-state index contributed by atoms with van der Waals surface area (Å²) in [6, 6.07) is 49.3. The molecule has 0 fully saturated rings. The summed E-state index contributed by atoms with van der Waals surface area (Å²) in [5.74, 6) is 0.0875. The molecule has 5 aromatic carbocycles. The van der Waals surface area contributed by atoms with Crippen molar-refractivity contribution in [3.63, 3.8) is 0 Å². The fourth-order valence-corrected chi connectivity index (χ4v) is 8.98. The van der Waals surface area contributed by atoms with Crippen LogP contribution in [-0.2, 0) is 0 Å². The van der Waals surface area contributed by atoms with Crippen molar-refractivity contribution in [2.45, 2.75) is 31.7 Å². The Labute approximate surface area is 339 Å². The predicted molar refractivity (Wildman–Crippen MR) is 241 cm³/mol. The molecule has 0 aromatic heterocycles. The summed E-state index contributed by atoms with van der Waals surface area (Å²) in [7, 11) is 8.49. The van der Waals surface area contributed by atoms with Crippen LogP contribution in [0.2, 0.25) is 0 Å². The first-order valence-corrected chi connectivity index (χ1v) is 20.4. The topological polar surface area (TPSA) is 12.5 Å². The zero-order valence-corrected chi connectivity index (χ0v) is 34.2. The lowest BCUT2D eigenvalue weighted by molar-refractivity contribution is -0.433. The highest BCUT2D eigenvalue weighted by Gasteiger charge is 2.43.